The molecule has 2 nitrogen and oxygen atoms in total. The van der Waals surface area contributed by atoms with Gasteiger partial charge in [0.25, 0.3) is 0 Å². The zero-order valence-corrected chi connectivity index (χ0v) is 10.5. The smallest absolute Gasteiger partial charge is 0.160 e. The molecule has 0 aliphatic carbocycles. The maximum Gasteiger partial charge on any atom is 0.160 e. The molecule has 18 heavy (non-hydrogen) atoms. The van der Waals surface area contributed by atoms with E-state index in [9.17, 15) is 0 Å². The first-order valence-corrected chi connectivity index (χ1v) is 6.31. The molecule has 0 unspecified atom stereocenters. The molecule has 2 heterocycles. The van der Waals surface area contributed by atoms with Crippen molar-refractivity contribution in [3.63, 3.8) is 0 Å². The van der Waals surface area contributed by atoms with E-state index in [4.69, 9.17) is 4.74 Å². The second kappa shape index (κ2) is 2.89. The molecule has 2 heteroatoms. The van der Waals surface area contributed by atoms with Gasteiger partial charge in [0.15, 0.2) is 5.60 Å². The molecule has 2 atom stereocenters. The van der Waals surface area contributed by atoms with Crippen LogP contribution in [-0.2, 0) is 11.1 Å². The van der Waals surface area contributed by atoms with Crippen molar-refractivity contribution in [2.75, 3.05) is 5.32 Å². The summed E-state index contributed by atoms with van der Waals surface area (Å²) in [4.78, 5) is 0. The summed E-state index contributed by atoms with van der Waals surface area (Å²) in [6, 6.07) is 16.7. The highest BCUT2D eigenvalue weighted by Crippen LogP contribution is 2.59. The normalized spacial score (nSPS) is 31.0. The molecule has 4 rings (SSSR count). The molecule has 0 amide bonds. The van der Waals surface area contributed by atoms with Gasteiger partial charge < -0.3 is 10.1 Å². The average molecular weight is 237 g/mol. The molecule has 0 saturated heterocycles. The Hall–Kier alpha value is -1.96. The van der Waals surface area contributed by atoms with Crippen LogP contribution in [0.25, 0.3) is 0 Å². The first kappa shape index (κ1) is 10.0. The molecular formula is C16H15NO. The number of hydrogen-bond acceptors (Lipinski definition) is 2. The lowest BCUT2D eigenvalue weighted by Gasteiger charge is -2.33. The molecule has 90 valence electrons. The van der Waals surface area contributed by atoms with Crippen molar-refractivity contribution in [3.05, 3.63) is 59.7 Å². The number of anilines is 1. The van der Waals surface area contributed by atoms with Crippen LogP contribution < -0.4 is 10.1 Å². The van der Waals surface area contributed by atoms with Gasteiger partial charge in [0.2, 0.25) is 0 Å². The van der Waals surface area contributed by atoms with Crippen molar-refractivity contribution in [1.82, 2.24) is 0 Å². The lowest BCUT2D eigenvalue weighted by atomic mass is 9.78. The lowest BCUT2D eigenvalue weighted by Crippen LogP contribution is -2.44. The Morgan fingerprint density at radius 1 is 0.889 bits per heavy atom. The lowest BCUT2D eigenvalue weighted by molar-refractivity contribution is 0.0636. The van der Waals surface area contributed by atoms with E-state index in [-0.39, 0.29) is 11.1 Å². The van der Waals surface area contributed by atoms with Crippen molar-refractivity contribution < 1.29 is 4.74 Å². The van der Waals surface area contributed by atoms with Crippen molar-refractivity contribution in [2.45, 2.75) is 25.0 Å². The van der Waals surface area contributed by atoms with Crippen LogP contribution >= 0.6 is 0 Å². The number of para-hydroxylation sites is 2. The minimum Gasteiger partial charge on any atom is -0.480 e. The number of benzene rings is 2. The van der Waals surface area contributed by atoms with E-state index in [1.807, 2.05) is 6.07 Å². The van der Waals surface area contributed by atoms with Gasteiger partial charge in [-0.15, -0.1) is 0 Å². The van der Waals surface area contributed by atoms with Crippen LogP contribution in [0.3, 0.4) is 0 Å². The predicted molar refractivity (Wildman–Crippen MR) is 71.8 cm³/mol. The van der Waals surface area contributed by atoms with E-state index >= 15 is 0 Å². The Kier molecular flexibility index (Phi) is 1.61. The molecule has 0 radical (unpaired) electrons. The Morgan fingerprint density at radius 2 is 1.56 bits per heavy atom. The average Bonchev–Trinajstić information content (AvgIpc) is 2.73. The quantitative estimate of drug-likeness (QED) is 0.755. The number of rotatable bonds is 0. The Bertz CT molecular complexity index is 594. The SMILES string of the molecule is C[C@@]12Nc3ccccc3[C@]1(C)Oc1ccccc12. The van der Waals surface area contributed by atoms with Crippen molar-refractivity contribution in [1.29, 1.82) is 0 Å². The van der Waals surface area contributed by atoms with Gasteiger partial charge in [-0.2, -0.15) is 0 Å². The van der Waals surface area contributed by atoms with E-state index < -0.39 is 0 Å². The third-order valence-corrected chi connectivity index (χ3v) is 4.52. The van der Waals surface area contributed by atoms with Crippen LogP contribution in [0.4, 0.5) is 5.69 Å². The highest BCUT2D eigenvalue weighted by Gasteiger charge is 2.60. The summed E-state index contributed by atoms with van der Waals surface area (Å²) in [5.74, 6) is 0.990. The summed E-state index contributed by atoms with van der Waals surface area (Å²) in [6.45, 7) is 4.39. The van der Waals surface area contributed by atoms with Crippen LogP contribution in [0.15, 0.2) is 48.5 Å². The van der Waals surface area contributed by atoms with Crippen LogP contribution in [0.5, 0.6) is 5.75 Å². The third kappa shape index (κ3) is 0.916. The maximum atomic E-state index is 6.29. The molecule has 0 fully saturated rings. The maximum absolute atomic E-state index is 6.29. The van der Waals surface area contributed by atoms with Crippen molar-refractivity contribution in [2.24, 2.45) is 0 Å². The van der Waals surface area contributed by atoms with Crippen molar-refractivity contribution in [3.8, 4) is 5.75 Å². The largest absolute Gasteiger partial charge is 0.480 e. The number of nitrogens with one attached hydrogen (secondary N) is 1. The summed E-state index contributed by atoms with van der Waals surface area (Å²) < 4.78 is 6.29. The Morgan fingerprint density at radius 3 is 2.39 bits per heavy atom. The minimum atomic E-state index is -0.326. The topological polar surface area (TPSA) is 21.3 Å². The van der Waals surface area contributed by atoms with E-state index in [2.05, 4.69) is 61.6 Å². The third-order valence-electron chi connectivity index (χ3n) is 4.52. The molecule has 0 aromatic heterocycles. The number of hydrogen-bond donors (Lipinski definition) is 1. The Labute approximate surface area is 107 Å². The summed E-state index contributed by atoms with van der Waals surface area (Å²) >= 11 is 0. The summed E-state index contributed by atoms with van der Waals surface area (Å²) in [7, 11) is 0. The first-order valence-electron chi connectivity index (χ1n) is 6.31. The van der Waals surface area contributed by atoms with E-state index in [1.54, 1.807) is 0 Å². The fraction of sp³-hybridized carbons (Fsp3) is 0.250. The summed E-state index contributed by atoms with van der Waals surface area (Å²) in [6.07, 6.45) is 0. The molecule has 2 aromatic rings. The van der Waals surface area contributed by atoms with Gasteiger partial charge in [0.1, 0.15) is 11.3 Å². The highest BCUT2D eigenvalue weighted by atomic mass is 16.5. The zero-order chi connectivity index (χ0) is 12.4. The van der Waals surface area contributed by atoms with Gasteiger partial charge in [-0.05, 0) is 26.0 Å². The molecule has 2 aliphatic heterocycles. The number of fused-ring (bicyclic) bond motifs is 5. The van der Waals surface area contributed by atoms with Gasteiger partial charge in [-0.1, -0.05) is 36.4 Å². The van der Waals surface area contributed by atoms with Gasteiger partial charge >= 0.3 is 0 Å². The fourth-order valence-corrected chi connectivity index (χ4v) is 3.34. The standard InChI is InChI=1S/C16H15NO/c1-15-12-8-4-6-10-14(12)18-16(15,2)11-7-3-5-9-13(11)17-15/h3-10,17H,1-2H3/t15-,16-/m0/s1. The first-order chi connectivity index (χ1) is 8.65. The van der Waals surface area contributed by atoms with Gasteiger partial charge in [0.05, 0.1) is 0 Å². The van der Waals surface area contributed by atoms with Gasteiger partial charge in [-0.3, -0.25) is 0 Å². The molecule has 2 aromatic carbocycles. The summed E-state index contributed by atoms with van der Waals surface area (Å²) in [5.41, 5.74) is 3.14. The number of ether oxygens (including phenoxy) is 1. The van der Waals surface area contributed by atoms with E-state index in [0.29, 0.717) is 0 Å². The second-order valence-corrected chi connectivity index (χ2v) is 5.43. The second-order valence-electron chi connectivity index (χ2n) is 5.43. The molecule has 0 saturated carbocycles. The monoisotopic (exact) mass is 237 g/mol. The van der Waals surface area contributed by atoms with E-state index in [1.165, 1.54) is 16.8 Å². The summed E-state index contributed by atoms with van der Waals surface area (Å²) in [5, 5.41) is 3.64. The van der Waals surface area contributed by atoms with Crippen LogP contribution in [0.2, 0.25) is 0 Å². The zero-order valence-electron chi connectivity index (χ0n) is 10.5. The van der Waals surface area contributed by atoms with Crippen molar-refractivity contribution >= 4 is 5.69 Å². The van der Waals surface area contributed by atoms with Crippen LogP contribution in [0.1, 0.15) is 25.0 Å². The van der Waals surface area contributed by atoms with Gasteiger partial charge in [0, 0.05) is 16.8 Å². The molecular weight excluding hydrogens is 222 g/mol. The molecule has 0 spiro atoms. The molecule has 0 bridgehead atoms. The van der Waals surface area contributed by atoms with Crippen LogP contribution in [0, 0.1) is 0 Å². The van der Waals surface area contributed by atoms with Gasteiger partial charge in [-0.25, -0.2) is 0 Å². The highest BCUT2D eigenvalue weighted by molar-refractivity contribution is 5.68. The molecule has 1 N–H and O–H groups in total. The molecule has 2 aliphatic rings. The van der Waals surface area contributed by atoms with E-state index in [0.717, 1.165) is 5.75 Å². The predicted octanol–water partition coefficient (Wildman–Crippen LogP) is 3.64. The van der Waals surface area contributed by atoms with Crippen LogP contribution in [-0.4, -0.2) is 0 Å². The Balaban J connectivity index is 2.00. The minimum absolute atomic E-state index is 0.187. The fourth-order valence-electron chi connectivity index (χ4n) is 3.34.